The lowest BCUT2D eigenvalue weighted by Gasteiger charge is -2.35. The third kappa shape index (κ3) is 9.75. The highest BCUT2D eigenvalue weighted by Crippen LogP contribution is 2.32. The Morgan fingerprint density at radius 1 is 1.14 bits per heavy atom. The van der Waals surface area contributed by atoms with E-state index in [1.54, 1.807) is 36.6 Å². The lowest BCUT2D eigenvalue weighted by molar-refractivity contribution is -0.148. The van der Waals surface area contributed by atoms with Crippen molar-refractivity contribution in [2.24, 2.45) is 17.8 Å². The van der Waals surface area contributed by atoms with Gasteiger partial charge in [0, 0.05) is 63.1 Å². The average Bonchev–Trinajstić information content (AvgIpc) is 3.39. The number of hydrogen-bond acceptors (Lipinski definition) is 10. The number of esters is 1. The summed E-state index contributed by atoms with van der Waals surface area (Å²) in [6.07, 6.45) is 3.89. The Hall–Kier alpha value is -3.06. The smallest absolute Gasteiger partial charge is 0.306 e. The minimum absolute atomic E-state index is 0.0685. The Balaban J connectivity index is 1.75. The first-order valence-corrected chi connectivity index (χ1v) is 16.1. The van der Waals surface area contributed by atoms with E-state index in [2.05, 4.69) is 20.3 Å². The Morgan fingerprint density at radius 3 is 2.36 bits per heavy atom. The maximum absolute atomic E-state index is 13.3. The van der Waals surface area contributed by atoms with Gasteiger partial charge in [-0.2, -0.15) is 11.8 Å². The molecule has 3 heterocycles. The zero-order valence-electron chi connectivity index (χ0n) is 25.0. The highest BCUT2D eigenvalue weighted by atomic mass is 32.2. The number of carbonyl (C=O) groups excluding carboxylic acids is 3. The summed E-state index contributed by atoms with van der Waals surface area (Å²) in [5.74, 6) is 0.444. The summed E-state index contributed by atoms with van der Waals surface area (Å²) in [7, 11) is 1.79. The second-order valence-electron chi connectivity index (χ2n) is 11.4. The second-order valence-corrected chi connectivity index (χ2v) is 13.3. The molecule has 42 heavy (non-hydrogen) atoms. The van der Waals surface area contributed by atoms with Crippen molar-refractivity contribution in [3.63, 3.8) is 0 Å². The van der Waals surface area contributed by atoms with Crippen molar-refractivity contribution in [2.45, 2.75) is 78.5 Å². The molecule has 0 radical (unpaired) electrons. The first-order valence-electron chi connectivity index (χ1n) is 14.1. The molecule has 0 aromatic carbocycles. The predicted molar refractivity (Wildman–Crippen MR) is 161 cm³/mol. The lowest BCUT2D eigenvalue weighted by Crippen LogP contribution is -2.43. The summed E-state index contributed by atoms with van der Waals surface area (Å²) in [5, 5.41) is 14.4. The maximum atomic E-state index is 13.3. The molecule has 0 bridgehead atoms. The zero-order valence-corrected chi connectivity index (χ0v) is 26.7. The Kier molecular flexibility index (Phi) is 12.3. The molecule has 230 valence electrons. The van der Waals surface area contributed by atoms with Gasteiger partial charge in [-0.1, -0.05) is 20.8 Å². The van der Waals surface area contributed by atoms with Gasteiger partial charge in [0.25, 0.3) is 5.91 Å². The van der Waals surface area contributed by atoms with Crippen LogP contribution in [0.1, 0.15) is 79.9 Å². The first kappa shape index (κ1) is 33.4. The van der Waals surface area contributed by atoms with Gasteiger partial charge in [0.1, 0.15) is 16.5 Å². The second kappa shape index (κ2) is 15.4. The predicted octanol–water partition coefficient (Wildman–Crippen LogP) is 3.92. The molecule has 1 unspecified atom stereocenters. The number of ether oxygens (including phenoxy) is 1. The van der Waals surface area contributed by atoms with Gasteiger partial charge in [-0.15, -0.1) is 11.3 Å². The van der Waals surface area contributed by atoms with Gasteiger partial charge in [0.15, 0.2) is 6.10 Å². The number of hydrogen-bond donors (Lipinski definition) is 2. The SMILES string of the molecule is CC(=O)O[C@H](CC(C(C)C)N(C)C(=O)CC1CSC1)c1nc(C(=O)N[C@@H](Cc2ncc(C)cn2)C[C@H](C)C(=O)O)cs1. The number of nitrogens with one attached hydrogen (secondary N) is 1. The summed E-state index contributed by atoms with van der Waals surface area (Å²) in [6.45, 7) is 8.82. The van der Waals surface area contributed by atoms with Crippen molar-refractivity contribution >= 4 is 46.9 Å². The van der Waals surface area contributed by atoms with E-state index >= 15 is 0 Å². The molecule has 2 aromatic heterocycles. The molecule has 1 saturated heterocycles. The quantitative estimate of drug-likeness (QED) is 0.281. The van der Waals surface area contributed by atoms with E-state index in [0.717, 1.165) is 17.1 Å². The summed E-state index contributed by atoms with van der Waals surface area (Å²) >= 11 is 3.04. The minimum Gasteiger partial charge on any atom is -0.481 e. The fraction of sp³-hybridized carbons (Fsp3) is 0.621. The number of carboxylic acids is 1. The van der Waals surface area contributed by atoms with Crippen LogP contribution in [0.5, 0.6) is 0 Å². The van der Waals surface area contributed by atoms with Gasteiger partial charge in [-0.3, -0.25) is 19.2 Å². The van der Waals surface area contributed by atoms with Crippen LogP contribution >= 0.6 is 23.1 Å². The van der Waals surface area contributed by atoms with Gasteiger partial charge < -0.3 is 20.1 Å². The van der Waals surface area contributed by atoms with E-state index in [0.29, 0.717) is 29.6 Å². The molecule has 0 spiro atoms. The van der Waals surface area contributed by atoms with E-state index < -0.39 is 35.9 Å². The van der Waals surface area contributed by atoms with E-state index in [4.69, 9.17) is 4.74 Å². The number of carbonyl (C=O) groups is 4. The first-order chi connectivity index (χ1) is 19.8. The number of aromatic nitrogens is 3. The van der Waals surface area contributed by atoms with Crippen LogP contribution in [-0.2, 0) is 25.5 Å². The highest BCUT2D eigenvalue weighted by Gasteiger charge is 2.32. The van der Waals surface area contributed by atoms with E-state index in [-0.39, 0.29) is 36.4 Å². The lowest BCUT2D eigenvalue weighted by atomic mass is 9.95. The minimum atomic E-state index is -0.964. The van der Waals surface area contributed by atoms with Crippen LogP contribution in [-0.4, -0.2) is 79.3 Å². The third-order valence-electron chi connectivity index (χ3n) is 7.28. The summed E-state index contributed by atoms with van der Waals surface area (Å²) in [5.41, 5.74) is 1.03. The maximum Gasteiger partial charge on any atom is 0.306 e. The van der Waals surface area contributed by atoms with Crippen LogP contribution < -0.4 is 5.32 Å². The van der Waals surface area contributed by atoms with Crippen molar-refractivity contribution in [3.8, 4) is 0 Å². The van der Waals surface area contributed by atoms with E-state index in [1.165, 1.54) is 18.3 Å². The number of rotatable bonds is 15. The third-order valence-corrected chi connectivity index (χ3v) is 9.63. The van der Waals surface area contributed by atoms with Gasteiger partial charge in [-0.05, 0) is 42.2 Å². The van der Waals surface area contributed by atoms with Crippen molar-refractivity contribution in [2.75, 3.05) is 18.6 Å². The van der Waals surface area contributed by atoms with E-state index in [1.807, 2.05) is 32.5 Å². The number of nitrogens with zero attached hydrogens (tertiary/aromatic N) is 4. The monoisotopic (exact) mass is 619 g/mol. The Bertz CT molecular complexity index is 1230. The average molecular weight is 620 g/mol. The molecule has 2 amide bonds. The van der Waals surface area contributed by atoms with Crippen LogP contribution in [0.15, 0.2) is 17.8 Å². The van der Waals surface area contributed by atoms with Crippen LogP contribution in [0.4, 0.5) is 0 Å². The number of amides is 2. The molecule has 1 aliphatic heterocycles. The Morgan fingerprint density at radius 2 is 1.81 bits per heavy atom. The number of aliphatic carboxylic acids is 1. The van der Waals surface area contributed by atoms with Crippen molar-refractivity contribution in [1.82, 2.24) is 25.2 Å². The summed E-state index contributed by atoms with van der Waals surface area (Å²) in [6, 6.07) is -0.744. The van der Waals surface area contributed by atoms with Crippen LogP contribution in [0.2, 0.25) is 0 Å². The van der Waals surface area contributed by atoms with Crippen LogP contribution in [0.25, 0.3) is 0 Å². The number of thiazole rings is 1. The molecule has 3 rings (SSSR count). The van der Waals surface area contributed by atoms with Gasteiger partial charge in [-0.25, -0.2) is 15.0 Å². The fourth-order valence-electron chi connectivity index (χ4n) is 4.74. The molecule has 1 fully saturated rings. The topological polar surface area (TPSA) is 152 Å². The van der Waals surface area contributed by atoms with E-state index in [9.17, 15) is 24.3 Å². The number of aryl methyl sites for hydroxylation is 1. The normalized spacial score (nSPS) is 16.2. The molecule has 13 heteroatoms. The van der Waals surface area contributed by atoms with Crippen LogP contribution in [0, 0.1) is 24.7 Å². The number of carboxylic acid groups (broad SMARTS) is 1. The summed E-state index contributed by atoms with van der Waals surface area (Å²) < 4.78 is 5.66. The summed E-state index contributed by atoms with van der Waals surface area (Å²) in [4.78, 5) is 64.7. The molecule has 0 aliphatic carbocycles. The van der Waals surface area contributed by atoms with Crippen molar-refractivity contribution in [1.29, 1.82) is 0 Å². The fourth-order valence-corrected chi connectivity index (χ4v) is 6.38. The molecule has 4 atom stereocenters. The molecule has 0 saturated carbocycles. The molecule has 1 aliphatic rings. The standard InChI is InChI=1S/C29H41N5O6S2/c1-16(2)23(34(6)26(36)8-20-13-41-14-20)10-24(40-19(5)35)28-33-22(15-42-28)27(37)32-21(7-18(4)29(38)39)9-25-30-11-17(3)12-31-25/h11-12,15-16,18,20-21,23-24H,7-10,13-14H2,1-6H3,(H,32,37)(H,38,39)/t18-,21+,23?,24+/m0/s1. The molecular weight excluding hydrogens is 578 g/mol. The van der Waals surface area contributed by atoms with Gasteiger partial charge in [0.2, 0.25) is 5.91 Å². The molecule has 11 nitrogen and oxygen atoms in total. The largest absolute Gasteiger partial charge is 0.481 e. The molecule has 2 aromatic rings. The molecule has 2 N–H and O–H groups in total. The van der Waals surface area contributed by atoms with Gasteiger partial charge >= 0.3 is 11.9 Å². The molecular formula is C29H41N5O6S2. The Labute approximate surface area is 255 Å². The highest BCUT2D eigenvalue weighted by molar-refractivity contribution is 8.00. The van der Waals surface area contributed by atoms with Crippen molar-refractivity contribution in [3.05, 3.63) is 39.9 Å². The van der Waals surface area contributed by atoms with Crippen LogP contribution in [0.3, 0.4) is 0 Å². The van der Waals surface area contributed by atoms with Gasteiger partial charge in [0.05, 0.1) is 5.92 Å². The van der Waals surface area contributed by atoms with Crippen molar-refractivity contribution < 1.29 is 29.0 Å². The number of thioether (sulfide) groups is 1. The zero-order chi connectivity index (χ0) is 31.0.